The summed E-state index contributed by atoms with van der Waals surface area (Å²) in [6.45, 7) is 9.66. The number of hydrogen-bond acceptors (Lipinski definition) is 7. The number of nitrogen functional groups attached to an aromatic ring is 1. The van der Waals surface area contributed by atoms with Crippen molar-refractivity contribution in [2.75, 3.05) is 30.3 Å². The molecule has 0 atom stereocenters. The monoisotopic (exact) mass is 387 g/mol. The predicted octanol–water partition coefficient (Wildman–Crippen LogP) is 3.02. The summed E-state index contributed by atoms with van der Waals surface area (Å²) in [4.78, 5) is 10.7. The van der Waals surface area contributed by atoms with Crippen LogP contribution in [0.2, 0.25) is 0 Å². The summed E-state index contributed by atoms with van der Waals surface area (Å²) in [7, 11) is 0. The Morgan fingerprint density at radius 1 is 1.32 bits per heavy atom. The van der Waals surface area contributed by atoms with Gasteiger partial charge in [0, 0.05) is 36.5 Å². The van der Waals surface area contributed by atoms with Crippen molar-refractivity contribution in [3.8, 4) is 5.75 Å². The molecule has 3 N–H and O–H groups in total. The number of morpholine rings is 1. The lowest BCUT2D eigenvalue weighted by atomic mass is 10.0. The number of rotatable bonds is 5. The van der Waals surface area contributed by atoms with Gasteiger partial charge in [-0.3, -0.25) is 5.41 Å². The Labute approximate surface area is 164 Å². The van der Waals surface area contributed by atoms with E-state index < -0.39 is 5.82 Å². The topological polar surface area (TPSA) is 97.3 Å². The molecule has 7 nitrogen and oxygen atoms in total. The number of anilines is 2. The third kappa shape index (κ3) is 4.39. The second-order valence-corrected chi connectivity index (χ2v) is 7.70. The Morgan fingerprint density at radius 3 is 2.75 bits per heavy atom. The van der Waals surface area contributed by atoms with Crippen LogP contribution in [0.1, 0.15) is 39.0 Å². The maximum Gasteiger partial charge on any atom is 0.167 e. The van der Waals surface area contributed by atoms with Crippen LogP contribution in [0.15, 0.2) is 24.5 Å². The minimum absolute atomic E-state index is 0.0631. The minimum atomic E-state index is -0.554. The summed E-state index contributed by atoms with van der Waals surface area (Å²) in [6, 6.07) is 4.37. The third-order valence-corrected chi connectivity index (χ3v) is 4.39. The molecule has 1 aliphatic heterocycles. The maximum atomic E-state index is 14.1. The Bertz CT molecular complexity index is 885. The molecular weight excluding hydrogens is 361 g/mol. The highest BCUT2D eigenvalue weighted by atomic mass is 19.1. The molecule has 3 rings (SSSR count). The first-order valence-electron chi connectivity index (χ1n) is 9.22. The van der Waals surface area contributed by atoms with Gasteiger partial charge in [0.05, 0.1) is 29.7 Å². The average molecular weight is 387 g/mol. The lowest BCUT2D eigenvalue weighted by Gasteiger charge is -2.38. The lowest BCUT2D eigenvalue weighted by molar-refractivity contribution is -0.0279. The van der Waals surface area contributed by atoms with Gasteiger partial charge in [0.25, 0.3) is 0 Å². The standard InChI is InChI=1S/C20H26FN5O2/c1-12(2)28-17-7-13(15(22)8-14(17)21)19(23)16-9-18(25-11-24-16)26-5-6-27-20(3,4)10-26/h7-9,11-12,23H,5-6,10,22H2,1-4H3. The minimum Gasteiger partial charge on any atom is -0.488 e. The SMILES string of the molecule is CC(C)Oc1cc(C(=N)c2cc(N3CCOC(C)(C)C3)ncn2)c(N)cc1F. The van der Waals surface area contributed by atoms with Crippen LogP contribution in [0, 0.1) is 11.2 Å². The molecule has 0 radical (unpaired) electrons. The van der Waals surface area contributed by atoms with E-state index in [9.17, 15) is 4.39 Å². The molecule has 8 heteroatoms. The van der Waals surface area contributed by atoms with E-state index in [4.69, 9.17) is 20.6 Å². The zero-order valence-corrected chi connectivity index (χ0v) is 16.6. The summed E-state index contributed by atoms with van der Waals surface area (Å²) in [5.74, 6) is 0.222. The van der Waals surface area contributed by atoms with Gasteiger partial charge in [-0.25, -0.2) is 14.4 Å². The lowest BCUT2D eigenvalue weighted by Crippen LogP contribution is -2.48. The first-order valence-corrected chi connectivity index (χ1v) is 9.22. The van der Waals surface area contributed by atoms with Crippen LogP contribution in [0.5, 0.6) is 5.75 Å². The van der Waals surface area contributed by atoms with E-state index in [-0.39, 0.29) is 28.9 Å². The van der Waals surface area contributed by atoms with Gasteiger partial charge < -0.3 is 20.1 Å². The molecule has 1 fully saturated rings. The molecule has 1 saturated heterocycles. The predicted molar refractivity (Wildman–Crippen MR) is 107 cm³/mol. The van der Waals surface area contributed by atoms with Crippen molar-refractivity contribution in [3.05, 3.63) is 41.6 Å². The number of halogens is 1. The Hall–Kier alpha value is -2.74. The number of nitrogens with zero attached hydrogens (tertiary/aromatic N) is 3. The first kappa shape index (κ1) is 20.0. The molecule has 28 heavy (non-hydrogen) atoms. The molecule has 1 aliphatic rings. The fourth-order valence-corrected chi connectivity index (χ4v) is 3.14. The molecule has 2 aromatic rings. The molecule has 0 saturated carbocycles. The van der Waals surface area contributed by atoms with Crippen molar-refractivity contribution >= 4 is 17.2 Å². The zero-order valence-electron chi connectivity index (χ0n) is 16.6. The quantitative estimate of drug-likeness (QED) is 0.605. The van der Waals surface area contributed by atoms with Crippen LogP contribution < -0.4 is 15.4 Å². The van der Waals surface area contributed by atoms with E-state index in [2.05, 4.69) is 14.9 Å². The van der Waals surface area contributed by atoms with Gasteiger partial charge in [-0.05, 0) is 33.8 Å². The highest BCUT2D eigenvalue weighted by Gasteiger charge is 2.28. The van der Waals surface area contributed by atoms with E-state index in [1.807, 2.05) is 13.8 Å². The van der Waals surface area contributed by atoms with Crippen molar-refractivity contribution in [2.45, 2.75) is 39.4 Å². The Kier molecular flexibility index (Phi) is 5.51. The fraction of sp³-hybridized carbons (Fsp3) is 0.450. The number of nitrogens with two attached hydrogens (primary N) is 1. The van der Waals surface area contributed by atoms with Crippen LogP contribution in [-0.4, -0.2) is 47.1 Å². The van der Waals surface area contributed by atoms with Crippen LogP contribution in [0.3, 0.4) is 0 Å². The molecule has 0 aliphatic carbocycles. The van der Waals surface area contributed by atoms with Gasteiger partial charge in [0.1, 0.15) is 12.1 Å². The van der Waals surface area contributed by atoms with Gasteiger partial charge >= 0.3 is 0 Å². The number of ether oxygens (including phenoxy) is 2. The van der Waals surface area contributed by atoms with Crippen molar-refractivity contribution in [2.24, 2.45) is 0 Å². The molecule has 0 bridgehead atoms. The fourth-order valence-electron chi connectivity index (χ4n) is 3.14. The molecule has 150 valence electrons. The van der Waals surface area contributed by atoms with E-state index in [0.29, 0.717) is 36.8 Å². The van der Waals surface area contributed by atoms with E-state index in [0.717, 1.165) is 0 Å². The normalized spacial score (nSPS) is 16.3. The van der Waals surface area contributed by atoms with E-state index >= 15 is 0 Å². The molecular formula is C20H26FN5O2. The molecule has 1 aromatic carbocycles. The summed E-state index contributed by atoms with van der Waals surface area (Å²) >= 11 is 0. The summed E-state index contributed by atoms with van der Waals surface area (Å²) in [5, 5.41) is 8.56. The smallest absolute Gasteiger partial charge is 0.167 e. The van der Waals surface area contributed by atoms with Gasteiger partial charge in [0.15, 0.2) is 11.6 Å². The van der Waals surface area contributed by atoms with Crippen molar-refractivity contribution in [1.29, 1.82) is 5.41 Å². The maximum absolute atomic E-state index is 14.1. The second-order valence-electron chi connectivity index (χ2n) is 7.70. The number of benzene rings is 1. The summed E-state index contributed by atoms with van der Waals surface area (Å²) in [6.07, 6.45) is 1.22. The zero-order chi connectivity index (χ0) is 20.5. The van der Waals surface area contributed by atoms with E-state index in [1.165, 1.54) is 18.5 Å². The molecule has 0 spiro atoms. The summed E-state index contributed by atoms with van der Waals surface area (Å²) < 4.78 is 25.3. The number of hydrogen-bond donors (Lipinski definition) is 2. The highest BCUT2D eigenvalue weighted by Crippen LogP contribution is 2.28. The molecule has 0 unspecified atom stereocenters. The Balaban J connectivity index is 1.91. The largest absolute Gasteiger partial charge is 0.488 e. The molecule has 1 aromatic heterocycles. The van der Waals surface area contributed by atoms with Crippen LogP contribution in [0.25, 0.3) is 0 Å². The highest BCUT2D eigenvalue weighted by molar-refractivity contribution is 6.13. The van der Waals surface area contributed by atoms with Gasteiger partial charge in [-0.15, -0.1) is 0 Å². The van der Waals surface area contributed by atoms with Gasteiger partial charge in [-0.2, -0.15) is 0 Å². The van der Waals surface area contributed by atoms with Gasteiger partial charge in [0.2, 0.25) is 0 Å². The van der Waals surface area contributed by atoms with Crippen LogP contribution in [-0.2, 0) is 4.74 Å². The molecule has 0 amide bonds. The number of nitrogens with one attached hydrogen (secondary N) is 1. The van der Waals surface area contributed by atoms with Crippen molar-refractivity contribution < 1.29 is 13.9 Å². The Morgan fingerprint density at radius 2 is 2.07 bits per heavy atom. The van der Waals surface area contributed by atoms with Crippen molar-refractivity contribution in [3.63, 3.8) is 0 Å². The third-order valence-electron chi connectivity index (χ3n) is 4.39. The van der Waals surface area contributed by atoms with Crippen molar-refractivity contribution in [1.82, 2.24) is 9.97 Å². The van der Waals surface area contributed by atoms with E-state index in [1.54, 1.807) is 19.9 Å². The number of aromatic nitrogens is 2. The first-order chi connectivity index (χ1) is 13.2. The van der Waals surface area contributed by atoms with Crippen LogP contribution in [0.4, 0.5) is 15.9 Å². The molecule has 2 heterocycles. The average Bonchev–Trinajstić information content (AvgIpc) is 2.62. The second kappa shape index (κ2) is 7.71. The van der Waals surface area contributed by atoms with Crippen LogP contribution >= 0.6 is 0 Å². The van der Waals surface area contributed by atoms with Gasteiger partial charge in [-0.1, -0.05) is 0 Å². The summed E-state index contributed by atoms with van der Waals surface area (Å²) in [5.41, 5.74) is 6.71.